The molecule has 5 N–H and O–H groups in total. The molecule has 0 aliphatic carbocycles. The van der Waals surface area contributed by atoms with Gasteiger partial charge in [0.1, 0.15) is 17.7 Å². The number of carbonyl (C=O) groups excluding carboxylic acids is 2. The Labute approximate surface area is 184 Å². The minimum Gasteiger partial charge on any atom is -0.506 e. The van der Waals surface area contributed by atoms with Crippen LogP contribution in [-0.4, -0.2) is 50.3 Å². The molecule has 32 heavy (non-hydrogen) atoms. The molecular weight excluding hydrogens is 418 g/mol. The summed E-state index contributed by atoms with van der Waals surface area (Å²) in [6, 6.07) is 6.14. The van der Waals surface area contributed by atoms with Gasteiger partial charge in [-0.3, -0.25) is 19.2 Å². The van der Waals surface area contributed by atoms with Gasteiger partial charge in [-0.15, -0.1) is 0 Å². The number of hydrogen-bond acceptors (Lipinski definition) is 6. The Bertz CT molecular complexity index is 1110. The van der Waals surface area contributed by atoms with E-state index in [0.717, 1.165) is 10.1 Å². The number of aromatic nitrogens is 1. The summed E-state index contributed by atoms with van der Waals surface area (Å²) in [5.74, 6) is -5.39. The molecule has 172 valence electrons. The summed E-state index contributed by atoms with van der Waals surface area (Å²) in [7, 11) is 0. The molecule has 2 amide bonds. The van der Waals surface area contributed by atoms with Gasteiger partial charge in [-0.2, -0.15) is 0 Å². The van der Waals surface area contributed by atoms with Crippen molar-refractivity contribution >= 4 is 17.8 Å². The molecule has 10 nitrogen and oxygen atoms in total. The number of aromatic hydroxyl groups is 2. The maximum Gasteiger partial charge on any atom is 0.322 e. The molecule has 0 spiro atoms. The molecule has 0 aliphatic heterocycles. The first-order valence-electron chi connectivity index (χ1n) is 9.88. The number of rotatable bonds is 6. The van der Waals surface area contributed by atoms with E-state index in [4.69, 9.17) is 5.11 Å². The summed E-state index contributed by atoms with van der Waals surface area (Å²) in [4.78, 5) is 49.0. The predicted octanol–water partition coefficient (Wildman–Crippen LogP) is 1.50. The Kier molecular flexibility index (Phi) is 6.97. The third-order valence-corrected chi connectivity index (χ3v) is 4.59. The van der Waals surface area contributed by atoms with Crippen LogP contribution in [0.15, 0.2) is 29.1 Å². The molecule has 2 rings (SSSR count). The lowest BCUT2D eigenvalue weighted by Gasteiger charge is -2.20. The van der Waals surface area contributed by atoms with E-state index in [-0.39, 0.29) is 17.1 Å². The van der Waals surface area contributed by atoms with Gasteiger partial charge in [0.25, 0.3) is 17.4 Å². The molecule has 0 radical (unpaired) electrons. The number of hydrogen-bond donors (Lipinski definition) is 5. The Balaban J connectivity index is 2.79. The van der Waals surface area contributed by atoms with Crippen LogP contribution in [0, 0.1) is 0 Å². The van der Waals surface area contributed by atoms with Crippen LogP contribution in [-0.2, 0) is 10.2 Å². The van der Waals surface area contributed by atoms with E-state index in [1.54, 1.807) is 26.0 Å². The van der Waals surface area contributed by atoms with Crippen molar-refractivity contribution < 1.29 is 29.7 Å². The van der Waals surface area contributed by atoms with Crippen molar-refractivity contribution in [1.82, 2.24) is 15.2 Å². The highest BCUT2D eigenvalue weighted by Gasteiger charge is 2.30. The summed E-state index contributed by atoms with van der Waals surface area (Å²) in [6.07, 6.45) is 0. The zero-order valence-electron chi connectivity index (χ0n) is 18.5. The molecule has 0 aliphatic rings. The number of aliphatic carboxylic acids is 1. The van der Waals surface area contributed by atoms with Crippen molar-refractivity contribution in [2.24, 2.45) is 0 Å². The number of carboxylic acids is 1. The number of nitrogens with one attached hydrogen (secondary N) is 2. The topological polar surface area (TPSA) is 158 Å². The fourth-order valence-electron chi connectivity index (χ4n) is 2.99. The van der Waals surface area contributed by atoms with Crippen molar-refractivity contribution in [2.75, 3.05) is 6.54 Å². The highest BCUT2D eigenvalue weighted by Crippen LogP contribution is 2.31. The van der Waals surface area contributed by atoms with Gasteiger partial charge in [0.15, 0.2) is 5.75 Å². The molecule has 0 fully saturated rings. The van der Waals surface area contributed by atoms with E-state index in [1.165, 1.54) is 12.1 Å². The fraction of sp³-hybridized carbons (Fsp3) is 0.364. The molecule has 0 atom stereocenters. The average molecular weight is 445 g/mol. The second kappa shape index (κ2) is 9.13. The van der Waals surface area contributed by atoms with Crippen LogP contribution in [0.25, 0.3) is 5.69 Å². The van der Waals surface area contributed by atoms with Crippen molar-refractivity contribution in [3.05, 3.63) is 51.3 Å². The van der Waals surface area contributed by atoms with Crippen molar-refractivity contribution in [3.63, 3.8) is 0 Å². The molecule has 0 bridgehead atoms. The molecule has 0 saturated heterocycles. The third kappa shape index (κ3) is 5.08. The second-order valence-corrected chi connectivity index (χ2v) is 8.56. The number of pyridine rings is 1. The smallest absolute Gasteiger partial charge is 0.322 e. The lowest BCUT2D eigenvalue weighted by molar-refractivity contribution is -0.135. The standard InChI is InChI=1S/C22H27N3O7/c1-11(2)24-19(30)16-17(28)15(18(29)23-10-14(26)27)20(31)25(21(16)32)13-8-6-12(7-9-13)22(3,4)5/h6-9,11,28,32H,10H2,1-5H3,(H,23,29)(H,24,30)(H,26,27). The highest BCUT2D eigenvalue weighted by molar-refractivity contribution is 6.05. The maximum absolute atomic E-state index is 13.1. The number of carbonyl (C=O) groups is 3. The van der Waals surface area contributed by atoms with E-state index in [1.807, 2.05) is 26.1 Å². The van der Waals surface area contributed by atoms with Crippen molar-refractivity contribution in [1.29, 1.82) is 0 Å². The highest BCUT2D eigenvalue weighted by atomic mass is 16.4. The normalized spacial score (nSPS) is 11.3. The molecular formula is C22H27N3O7. The summed E-state index contributed by atoms with van der Waals surface area (Å²) in [6.45, 7) is 8.45. The minimum absolute atomic E-state index is 0.145. The summed E-state index contributed by atoms with van der Waals surface area (Å²) in [5.41, 5.74) is -1.77. The van der Waals surface area contributed by atoms with Crippen LogP contribution in [0.2, 0.25) is 0 Å². The third-order valence-electron chi connectivity index (χ3n) is 4.59. The summed E-state index contributed by atoms with van der Waals surface area (Å²) in [5, 5.41) is 34.6. The SMILES string of the molecule is CC(C)NC(=O)c1c(O)c(C(=O)NCC(=O)O)c(=O)n(-c2ccc(C(C)(C)C)cc2)c1O. The van der Waals surface area contributed by atoms with E-state index in [2.05, 4.69) is 5.32 Å². The molecule has 2 aromatic rings. The van der Waals surface area contributed by atoms with Gasteiger partial charge in [-0.1, -0.05) is 32.9 Å². The predicted molar refractivity (Wildman–Crippen MR) is 117 cm³/mol. The number of nitrogens with zero attached hydrogens (tertiary/aromatic N) is 1. The van der Waals surface area contributed by atoms with E-state index < -0.39 is 52.6 Å². The zero-order chi connectivity index (χ0) is 24.4. The first-order valence-corrected chi connectivity index (χ1v) is 9.88. The van der Waals surface area contributed by atoms with Gasteiger partial charge >= 0.3 is 5.97 Å². The number of carboxylic acid groups (broad SMARTS) is 1. The largest absolute Gasteiger partial charge is 0.506 e. The monoisotopic (exact) mass is 445 g/mol. The number of benzene rings is 1. The van der Waals surface area contributed by atoms with Gasteiger partial charge in [-0.05, 0) is 37.0 Å². The Morgan fingerprint density at radius 3 is 2.03 bits per heavy atom. The van der Waals surface area contributed by atoms with E-state index in [0.29, 0.717) is 0 Å². The van der Waals surface area contributed by atoms with Crippen LogP contribution in [0.3, 0.4) is 0 Å². The van der Waals surface area contributed by atoms with E-state index >= 15 is 0 Å². The number of amides is 2. The molecule has 0 unspecified atom stereocenters. The van der Waals surface area contributed by atoms with Gasteiger partial charge in [0.05, 0.1) is 5.69 Å². The van der Waals surface area contributed by atoms with Crippen LogP contribution < -0.4 is 16.2 Å². The Morgan fingerprint density at radius 2 is 1.56 bits per heavy atom. The lowest BCUT2D eigenvalue weighted by atomic mass is 9.87. The summed E-state index contributed by atoms with van der Waals surface area (Å²) < 4.78 is 0.719. The molecule has 10 heteroatoms. The molecule has 1 heterocycles. The molecule has 1 aromatic heterocycles. The quantitative estimate of drug-likeness (QED) is 0.451. The fourth-order valence-corrected chi connectivity index (χ4v) is 2.99. The van der Waals surface area contributed by atoms with Crippen molar-refractivity contribution in [2.45, 2.75) is 46.1 Å². The van der Waals surface area contributed by atoms with Gasteiger partial charge in [-0.25, -0.2) is 4.57 Å². The Morgan fingerprint density at radius 1 is 1.00 bits per heavy atom. The van der Waals surface area contributed by atoms with E-state index in [9.17, 15) is 29.4 Å². The lowest BCUT2D eigenvalue weighted by Crippen LogP contribution is -2.37. The average Bonchev–Trinajstić information content (AvgIpc) is 2.65. The zero-order valence-corrected chi connectivity index (χ0v) is 18.5. The molecule has 1 aromatic carbocycles. The van der Waals surface area contributed by atoms with Gasteiger partial charge in [0, 0.05) is 6.04 Å². The first-order chi connectivity index (χ1) is 14.8. The first kappa shape index (κ1) is 24.4. The Hall–Kier alpha value is -3.82. The minimum atomic E-state index is -1.37. The van der Waals surface area contributed by atoms with Crippen molar-refractivity contribution in [3.8, 4) is 17.3 Å². The van der Waals surface area contributed by atoms with Gasteiger partial charge in [0.2, 0.25) is 5.88 Å². The van der Waals surface area contributed by atoms with Crippen LogP contribution in [0.1, 0.15) is 60.9 Å². The van der Waals surface area contributed by atoms with Crippen LogP contribution in [0.5, 0.6) is 11.6 Å². The van der Waals surface area contributed by atoms with Crippen LogP contribution in [0.4, 0.5) is 0 Å². The second-order valence-electron chi connectivity index (χ2n) is 8.56. The van der Waals surface area contributed by atoms with Gasteiger partial charge < -0.3 is 26.0 Å². The molecule has 0 saturated carbocycles. The summed E-state index contributed by atoms with van der Waals surface area (Å²) >= 11 is 0. The maximum atomic E-state index is 13.1. The van der Waals surface area contributed by atoms with Crippen LogP contribution >= 0.6 is 0 Å².